The highest BCUT2D eigenvalue weighted by Gasteiger charge is 2.41. The molecular formula is C16H21NO4. The summed E-state index contributed by atoms with van der Waals surface area (Å²) in [5, 5.41) is 9.71. The molecule has 0 aliphatic carbocycles. The number of ether oxygens (including phenoxy) is 1. The number of carbonyl (C=O) groups excluding carboxylic acids is 2. The van der Waals surface area contributed by atoms with Crippen LogP contribution in [0.15, 0.2) is 30.3 Å². The number of carbonyl (C=O) groups is 2. The summed E-state index contributed by atoms with van der Waals surface area (Å²) in [4.78, 5) is 25.5. The van der Waals surface area contributed by atoms with E-state index >= 15 is 0 Å². The van der Waals surface area contributed by atoms with Gasteiger partial charge in [-0.1, -0.05) is 37.3 Å². The number of benzene rings is 1. The number of hydrogen-bond acceptors (Lipinski definition) is 4. The lowest BCUT2D eigenvalue weighted by Crippen LogP contribution is -2.45. The van der Waals surface area contributed by atoms with Crippen LogP contribution in [-0.2, 0) is 16.0 Å². The molecule has 0 bridgehead atoms. The van der Waals surface area contributed by atoms with E-state index in [0.717, 1.165) is 5.56 Å². The highest BCUT2D eigenvalue weighted by Crippen LogP contribution is 2.22. The van der Waals surface area contributed by atoms with Crippen molar-refractivity contribution in [1.29, 1.82) is 0 Å². The van der Waals surface area contributed by atoms with Gasteiger partial charge in [0.25, 0.3) is 0 Å². The van der Waals surface area contributed by atoms with Gasteiger partial charge in [-0.2, -0.15) is 0 Å². The van der Waals surface area contributed by atoms with Crippen LogP contribution in [0, 0.1) is 5.92 Å². The van der Waals surface area contributed by atoms with E-state index < -0.39 is 18.1 Å². The van der Waals surface area contributed by atoms with Crippen molar-refractivity contribution in [3.63, 3.8) is 0 Å². The number of rotatable bonds is 5. The van der Waals surface area contributed by atoms with Crippen LogP contribution in [0.3, 0.4) is 0 Å². The van der Waals surface area contributed by atoms with E-state index in [1.807, 2.05) is 37.3 Å². The molecule has 1 N–H and O–H groups in total. The number of hydrogen-bond donors (Lipinski definition) is 1. The van der Waals surface area contributed by atoms with E-state index in [9.17, 15) is 14.7 Å². The molecule has 2 rings (SSSR count). The summed E-state index contributed by atoms with van der Waals surface area (Å²) in [6, 6.07) is 9.37. The highest BCUT2D eigenvalue weighted by molar-refractivity contribution is 5.95. The quantitative estimate of drug-likeness (QED) is 0.901. The van der Waals surface area contributed by atoms with Crippen molar-refractivity contribution in [2.24, 2.45) is 5.92 Å². The molecule has 3 atom stereocenters. The molecule has 1 heterocycles. The zero-order valence-corrected chi connectivity index (χ0v) is 12.4. The van der Waals surface area contributed by atoms with Crippen molar-refractivity contribution in [1.82, 2.24) is 4.90 Å². The van der Waals surface area contributed by atoms with Crippen LogP contribution < -0.4 is 0 Å². The summed E-state index contributed by atoms with van der Waals surface area (Å²) in [7, 11) is 0. The van der Waals surface area contributed by atoms with Gasteiger partial charge in [0.2, 0.25) is 5.91 Å². The first-order chi connectivity index (χ1) is 10.0. The lowest BCUT2D eigenvalue weighted by molar-refractivity contribution is -0.136. The highest BCUT2D eigenvalue weighted by atomic mass is 16.6. The summed E-state index contributed by atoms with van der Waals surface area (Å²) in [5.74, 6) is -0.926. The molecule has 1 aliphatic rings. The number of nitrogens with zero attached hydrogens (tertiary/aromatic N) is 1. The summed E-state index contributed by atoms with van der Waals surface area (Å²) in [6.45, 7) is 3.60. The molecular weight excluding hydrogens is 270 g/mol. The van der Waals surface area contributed by atoms with Gasteiger partial charge >= 0.3 is 6.09 Å². The number of imide groups is 1. The Hall–Kier alpha value is -1.88. The maximum Gasteiger partial charge on any atom is 0.416 e. The molecule has 1 fully saturated rings. The molecule has 2 amide bonds. The van der Waals surface area contributed by atoms with Crippen LogP contribution in [0.2, 0.25) is 0 Å². The predicted molar refractivity (Wildman–Crippen MR) is 77.6 cm³/mol. The Bertz CT molecular complexity index is 500. The smallest absolute Gasteiger partial charge is 0.416 e. The van der Waals surface area contributed by atoms with Gasteiger partial charge in [-0.3, -0.25) is 4.79 Å². The van der Waals surface area contributed by atoms with E-state index in [-0.39, 0.29) is 18.6 Å². The van der Waals surface area contributed by atoms with Gasteiger partial charge in [0.05, 0.1) is 18.1 Å². The van der Waals surface area contributed by atoms with Crippen molar-refractivity contribution < 1.29 is 19.4 Å². The second-order valence-electron chi connectivity index (χ2n) is 5.38. The number of amides is 2. The Balaban J connectivity index is 2.15. The van der Waals surface area contributed by atoms with E-state index in [2.05, 4.69) is 0 Å². The fourth-order valence-corrected chi connectivity index (χ4v) is 2.67. The normalized spacial score (nSPS) is 21.0. The monoisotopic (exact) mass is 291 g/mol. The standard InChI is InChI=1S/C16H21NO4/c1-3-14(11(2)18)15(19)17-13(10-21-16(17)20)9-12-7-5-4-6-8-12/h4-8,11,13-14,18H,3,9-10H2,1-2H3/t11-,13+,14+/m0/s1. The molecule has 1 aliphatic heterocycles. The largest absolute Gasteiger partial charge is 0.447 e. The van der Waals surface area contributed by atoms with Crippen LogP contribution in [0.1, 0.15) is 25.8 Å². The van der Waals surface area contributed by atoms with Crippen LogP contribution in [0.4, 0.5) is 4.79 Å². The number of aliphatic hydroxyl groups is 1. The maximum absolute atomic E-state index is 12.5. The Kier molecular flexibility index (Phi) is 4.96. The Labute approximate surface area is 124 Å². The third-order valence-corrected chi connectivity index (χ3v) is 3.85. The van der Waals surface area contributed by atoms with Gasteiger partial charge in [0.15, 0.2) is 0 Å². The zero-order valence-electron chi connectivity index (χ0n) is 12.4. The molecule has 21 heavy (non-hydrogen) atoms. The van der Waals surface area contributed by atoms with Gasteiger partial charge < -0.3 is 9.84 Å². The van der Waals surface area contributed by atoms with Gasteiger partial charge in [0, 0.05) is 0 Å². The fraction of sp³-hybridized carbons (Fsp3) is 0.500. The first-order valence-corrected chi connectivity index (χ1v) is 7.26. The topological polar surface area (TPSA) is 66.8 Å². The summed E-state index contributed by atoms with van der Waals surface area (Å²) >= 11 is 0. The van der Waals surface area contributed by atoms with Crippen LogP contribution in [-0.4, -0.2) is 40.8 Å². The number of cyclic esters (lactones) is 1. The average molecular weight is 291 g/mol. The average Bonchev–Trinajstić information content (AvgIpc) is 2.81. The summed E-state index contributed by atoms with van der Waals surface area (Å²) in [5.41, 5.74) is 1.05. The molecule has 0 radical (unpaired) electrons. The number of aliphatic hydroxyl groups excluding tert-OH is 1. The second-order valence-corrected chi connectivity index (χ2v) is 5.38. The van der Waals surface area contributed by atoms with Crippen LogP contribution in [0.5, 0.6) is 0 Å². The first-order valence-electron chi connectivity index (χ1n) is 7.26. The van der Waals surface area contributed by atoms with Gasteiger partial charge in [-0.05, 0) is 25.3 Å². The maximum atomic E-state index is 12.5. The van der Waals surface area contributed by atoms with Crippen molar-refractivity contribution in [3.05, 3.63) is 35.9 Å². The molecule has 5 heteroatoms. The molecule has 1 saturated heterocycles. The Morgan fingerprint density at radius 2 is 2.10 bits per heavy atom. The SMILES string of the molecule is CC[C@@H](C(=O)N1C(=O)OC[C@H]1Cc1ccccc1)[C@H](C)O. The van der Waals surface area contributed by atoms with Crippen molar-refractivity contribution in [2.75, 3.05) is 6.61 Å². The molecule has 0 saturated carbocycles. The van der Waals surface area contributed by atoms with Crippen molar-refractivity contribution in [3.8, 4) is 0 Å². The van der Waals surface area contributed by atoms with Gasteiger partial charge in [-0.25, -0.2) is 9.69 Å². The lowest BCUT2D eigenvalue weighted by atomic mass is 9.97. The molecule has 0 aromatic heterocycles. The minimum absolute atomic E-state index is 0.204. The van der Waals surface area contributed by atoms with Gasteiger partial charge in [-0.15, -0.1) is 0 Å². The van der Waals surface area contributed by atoms with Gasteiger partial charge in [0.1, 0.15) is 6.61 Å². The molecule has 1 aromatic carbocycles. The molecule has 0 spiro atoms. The Morgan fingerprint density at radius 1 is 1.43 bits per heavy atom. The van der Waals surface area contributed by atoms with Crippen LogP contribution >= 0.6 is 0 Å². The molecule has 114 valence electrons. The minimum Gasteiger partial charge on any atom is -0.447 e. The van der Waals surface area contributed by atoms with E-state index in [4.69, 9.17) is 4.74 Å². The van der Waals surface area contributed by atoms with E-state index in [0.29, 0.717) is 12.8 Å². The third kappa shape index (κ3) is 3.42. The fourth-order valence-electron chi connectivity index (χ4n) is 2.67. The Morgan fingerprint density at radius 3 is 2.67 bits per heavy atom. The van der Waals surface area contributed by atoms with Crippen molar-refractivity contribution in [2.45, 2.75) is 38.8 Å². The summed E-state index contributed by atoms with van der Waals surface area (Å²) < 4.78 is 5.03. The zero-order chi connectivity index (χ0) is 15.4. The second kappa shape index (κ2) is 6.72. The molecule has 0 unspecified atom stereocenters. The molecule has 5 nitrogen and oxygen atoms in total. The van der Waals surface area contributed by atoms with Crippen LogP contribution in [0.25, 0.3) is 0 Å². The van der Waals surface area contributed by atoms with Crippen molar-refractivity contribution >= 4 is 12.0 Å². The third-order valence-electron chi connectivity index (χ3n) is 3.85. The summed E-state index contributed by atoms with van der Waals surface area (Å²) in [6.07, 6.45) is -0.347. The molecule has 1 aromatic rings. The first kappa shape index (κ1) is 15.5. The lowest BCUT2D eigenvalue weighted by Gasteiger charge is -2.25. The van der Waals surface area contributed by atoms with E-state index in [1.165, 1.54) is 4.90 Å². The minimum atomic E-state index is -0.784. The van der Waals surface area contributed by atoms with E-state index in [1.54, 1.807) is 6.92 Å². The predicted octanol–water partition coefficient (Wildman–Crippen LogP) is 1.98.